The summed E-state index contributed by atoms with van der Waals surface area (Å²) in [5.74, 6) is 1.04. The lowest BCUT2D eigenvalue weighted by Gasteiger charge is -2.20. The van der Waals surface area contributed by atoms with Crippen molar-refractivity contribution in [2.75, 3.05) is 0 Å². The standard InChI is InChI=1S/C13H23N/c1-6-10(4)11(5)13(14)8-12(13)7-9(2)3/h7,9,11H,4,6,8,14H2,1-3,5H3/b12-7+/t11?,13-/m1/s1. The van der Waals surface area contributed by atoms with Crippen LogP contribution in [0.2, 0.25) is 0 Å². The van der Waals surface area contributed by atoms with Gasteiger partial charge in [0.2, 0.25) is 0 Å². The van der Waals surface area contributed by atoms with Crippen molar-refractivity contribution in [2.45, 2.75) is 46.1 Å². The quantitative estimate of drug-likeness (QED) is 0.681. The van der Waals surface area contributed by atoms with E-state index in [4.69, 9.17) is 5.73 Å². The lowest BCUT2D eigenvalue weighted by atomic mass is 9.90. The molecule has 1 unspecified atom stereocenters. The zero-order chi connectivity index (χ0) is 10.9. The highest BCUT2D eigenvalue weighted by atomic mass is 14.9. The highest BCUT2D eigenvalue weighted by Crippen LogP contribution is 2.49. The van der Waals surface area contributed by atoms with E-state index in [0.29, 0.717) is 11.8 Å². The largest absolute Gasteiger partial charge is 0.321 e. The summed E-state index contributed by atoms with van der Waals surface area (Å²) in [6, 6.07) is 0. The first-order valence-electron chi connectivity index (χ1n) is 5.59. The molecule has 0 radical (unpaired) electrons. The van der Waals surface area contributed by atoms with E-state index in [1.165, 1.54) is 11.1 Å². The summed E-state index contributed by atoms with van der Waals surface area (Å²) < 4.78 is 0. The van der Waals surface area contributed by atoms with Crippen molar-refractivity contribution in [1.29, 1.82) is 0 Å². The Morgan fingerprint density at radius 3 is 2.57 bits per heavy atom. The summed E-state index contributed by atoms with van der Waals surface area (Å²) in [5.41, 5.74) is 8.97. The molecule has 14 heavy (non-hydrogen) atoms. The molecule has 1 nitrogen and oxygen atoms in total. The van der Waals surface area contributed by atoms with Gasteiger partial charge in [0.25, 0.3) is 0 Å². The molecule has 0 saturated heterocycles. The van der Waals surface area contributed by atoms with Gasteiger partial charge in [-0.3, -0.25) is 0 Å². The van der Waals surface area contributed by atoms with Gasteiger partial charge in [-0.2, -0.15) is 0 Å². The second-order valence-electron chi connectivity index (χ2n) is 4.89. The molecule has 2 atom stereocenters. The van der Waals surface area contributed by atoms with Crippen molar-refractivity contribution >= 4 is 0 Å². The van der Waals surface area contributed by atoms with Gasteiger partial charge in [0, 0.05) is 5.54 Å². The van der Waals surface area contributed by atoms with Crippen molar-refractivity contribution in [3.05, 3.63) is 23.8 Å². The molecule has 1 aliphatic rings. The molecule has 0 aromatic carbocycles. The van der Waals surface area contributed by atoms with Crippen molar-refractivity contribution in [3.8, 4) is 0 Å². The number of rotatable bonds is 4. The lowest BCUT2D eigenvalue weighted by Crippen LogP contribution is -2.32. The first kappa shape index (κ1) is 11.5. The minimum atomic E-state index is -0.0582. The Kier molecular flexibility index (Phi) is 3.20. The maximum absolute atomic E-state index is 6.33. The van der Waals surface area contributed by atoms with Crippen LogP contribution >= 0.6 is 0 Å². The van der Waals surface area contributed by atoms with Crippen LogP contribution in [0, 0.1) is 11.8 Å². The lowest BCUT2D eigenvalue weighted by molar-refractivity contribution is 0.510. The fourth-order valence-corrected chi connectivity index (χ4v) is 1.99. The van der Waals surface area contributed by atoms with Crippen molar-refractivity contribution in [3.63, 3.8) is 0 Å². The molecule has 80 valence electrons. The summed E-state index contributed by atoms with van der Waals surface area (Å²) in [6.45, 7) is 12.8. The summed E-state index contributed by atoms with van der Waals surface area (Å²) in [5, 5.41) is 0. The predicted molar refractivity (Wildman–Crippen MR) is 63.1 cm³/mol. The first-order chi connectivity index (χ1) is 6.41. The number of allylic oxidation sites excluding steroid dienone is 1. The molecule has 2 N–H and O–H groups in total. The summed E-state index contributed by atoms with van der Waals surface area (Å²) in [7, 11) is 0. The molecule has 0 heterocycles. The Balaban J connectivity index is 2.68. The number of nitrogens with two attached hydrogens (primary N) is 1. The van der Waals surface area contributed by atoms with Crippen LogP contribution < -0.4 is 5.73 Å². The Labute approximate surface area is 88.1 Å². The summed E-state index contributed by atoms with van der Waals surface area (Å²) in [6.07, 6.45) is 4.40. The van der Waals surface area contributed by atoms with E-state index in [1.807, 2.05) is 0 Å². The van der Waals surface area contributed by atoms with E-state index in [9.17, 15) is 0 Å². The monoisotopic (exact) mass is 193 g/mol. The van der Waals surface area contributed by atoms with Gasteiger partial charge in [-0.25, -0.2) is 0 Å². The maximum Gasteiger partial charge on any atom is 0.0471 e. The zero-order valence-corrected chi connectivity index (χ0v) is 9.93. The van der Waals surface area contributed by atoms with E-state index >= 15 is 0 Å². The van der Waals surface area contributed by atoms with Crippen LogP contribution in [-0.2, 0) is 0 Å². The smallest absolute Gasteiger partial charge is 0.0471 e. The van der Waals surface area contributed by atoms with Crippen LogP contribution in [0.25, 0.3) is 0 Å². The van der Waals surface area contributed by atoms with Gasteiger partial charge < -0.3 is 5.73 Å². The maximum atomic E-state index is 6.33. The van der Waals surface area contributed by atoms with E-state index < -0.39 is 0 Å². The van der Waals surface area contributed by atoms with Crippen molar-refractivity contribution in [1.82, 2.24) is 0 Å². The molecule has 1 rings (SSSR count). The molecule has 1 heteroatoms. The number of hydrogen-bond acceptors (Lipinski definition) is 1. The van der Waals surface area contributed by atoms with Gasteiger partial charge >= 0.3 is 0 Å². The third-order valence-electron chi connectivity index (χ3n) is 3.33. The third kappa shape index (κ3) is 2.09. The van der Waals surface area contributed by atoms with Crippen LogP contribution in [0.3, 0.4) is 0 Å². The van der Waals surface area contributed by atoms with Gasteiger partial charge in [-0.05, 0) is 24.7 Å². The molecule has 0 aromatic rings. The molecule has 0 spiro atoms. The van der Waals surface area contributed by atoms with E-state index in [2.05, 4.69) is 40.3 Å². The van der Waals surface area contributed by atoms with Crippen LogP contribution in [-0.4, -0.2) is 5.54 Å². The Morgan fingerprint density at radius 2 is 2.14 bits per heavy atom. The minimum Gasteiger partial charge on any atom is -0.321 e. The van der Waals surface area contributed by atoms with Crippen molar-refractivity contribution < 1.29 is 0 Å². The molecular weight excluding hydrogens is 170 g/mol. The van der Waals surface area contributed by atoms with Crippen LogP contribution in [0.5, 0.6) is 0 Å². The van der Waals surface area contributed by atoms with Crippen molar-refractivity contribution in [2.24, 2.45) is 17.6 Å². The Bertz CT molecular complexity index is 262. The third-order valence-corrected chi connectivity index (χ3v) is 3.33. The van der Waals surface area contributed by atoms with Gasteiger partial charge in [0.05, 0.1) is 0 Å². The molecule has 1 saturated carbocycles. The second kappa shape index (κ2) is 3.90. The molecule has 1 fully saturated rings. The second-order valence-corrected chi connectivity index (χ2v) is 4.89. The molecule has 0 aliphatic heterocycles. The van der Waals surface area contributed by atoms with E-state index in [1.54, 1.807) is 0 Å². The normalized spacial score (nSPS) is 30.9. The van der Waals surface area contributed by atoms with Crippen LogP contribution in [0.1, 0.15) is 40.5 Å². The average molecular weight is 193 g/mol. The van der Waals surface area contributed by atoms with Gasteiger partial charge in [0.1, 0.15) is 0 Å². The Hall–Kier alpha value is -0.560. The van der Waals surface area contributed by atoms with E-state index in [-0.39, 0.29) is 5.54 Å². The zero-order valence-electron chi connectivity index (χ0n) is 9.93. The van der Waals surface area contributed by atoms with Gasteiger partial charge in [0.15, 0.2) is 0 Å². The van der Waals surface area contributed by atoms with Crippen LogP contribution in [0.15, 0.2) is 23.8 Å². The molecule has 0 amide bonds. The molecule has 0 aromatic heterocycles. The highest BCUT2D eigenvalue weighted by Gasteiger charge is 2.49. The number of hydrogen-bond donors (Lipinski definition) is 1. The highest BCUT2D eigenvalue weighted by molar-refractivity contribution is 5.42. The van der Waals surface area contributed by atoms with Gasteiger partial charge in [-0.15, -0.1) is 0 Å². The van der Waals surface area contributed by atoms with Crippen LogP contribution in [0.4, 0.5) is 0 Å². The molecular formula is C13H23N. The molecule has 0 bridgehead atoms. The topological polar surface area (TPSA) is 26.0 Å². The fraction of sp³-hybridized carbons (Fsp3) is 0.692. The summed E-state index contributed by atoms with van der Waals surface area (Å²) >= 11 is 0. The Morgan fingerprint density at radius 1 is 1.57 bits per heavy atom. The predicted octanol–water partition coefficient (Wildman–Crippen LogP) is 3.27. The summed E-state index contributed by atoms with van der Waals surface area (Å²) in [4.78, 5) is 0. The molecule has 1 aliphatic carbocycles. The average Bonchev–Trinajstić information content (AvgIpc) is 2.74. The first-order valence-corrected chi connectivity index (χ1v) is 5.59. The van der Waals surface area contributed by atoms with E-state index in [0.717, 1.165) is 12.8 Å². The minimum absolute atomic E-state index is 0.0582. The van der Waals surface area contributed by atoms with Gasteiger partial charge in [-0.1, -0.05) is 51.5 Å². The SMILES string of the molecule is C=C(CC)C(C)[C@]1(N)C/C1=C\C(C)C. The fourth-order valence-electron chi connectivity index (χ4n) is 1.99.